The summed E-state index contributed by atoms with van der Waals surface area (Å²) in [7, 11) is 0. The van der Waals surface area contributed by atoms with E-state index in [0.29, 0.717) is 24.9 Å². The molecule has 138 valence electrons. The van der Waals surface area contributed by atoms with Gasteiger partial charge in [-0.25, -0.2) is 4.79 Å². The van der Waals surface area contributed by atoms with Crippen LogP contribution in [-0.2, 0) is 9.59 Å². The first-order valence-corrected chi connectivity index (χ1v) is 8.54. The number of carbonyl (C=O) groups is 3. The van der Waals surface area contributed by atoms with E-state index < -0.39 is 17.9 Å². The van der Waals surface area contributed by atoms with E-state index >= 15 is 0 Å². The van der Waals surface area contributed by atoms with E-state index in [9.17, 15) is 14.4 Å². The summed E-state index contributed by atoms with van der Waals surface area (Å²) in [5.41, 5.74) is 0.398. The zero-order valence-corrected chi connectivity index (χ0v) is 15.7. The first kappa shape index (κ1) is 21.0. The molecule has 1 unspecified atom stereocenters. The Bertz CT molecular complexity index is 653. The number of anilines is 1. The molecule has 0 aliphatic heterocycles. The molecule has 0 heterocycles. The van der Waals surface area contributed by atoms with Gasteiger partial charge in [0, 0.05) is 12.1 Å². The summed E-state index contributed by atoms with van der Waals surface area (Å²) in [5.74, 6) is -1.85. The third-order valence-electron chi connectivity index (χ3n) is 3.37. The van der Waals surface area contributed by atoms with Crippen molar-refractivity contribution in [1.82, 2.24) is 5.32 Å². The molecule has 6 nitrogen and oxygen atoms in total. The summed E-state index contributed by atoms with van der Waals surface area (Å²) in [4.78, 5) is 35.6. The van der Waals surface area contributed by atoms with Crippen molar-refractivity contribution in [3.63, 3.8) is 0 Å². The molecule has 1 aromatic carbocycles. The summed E-state index contributed by atoms with van der Waals surface area (Å²) >= 11 is 6.05. The SMILES string of the molecule is CCCC(NC(=O)c1cc(NC(=O)CC(C)(C)C)ccc1Cl)C(=O)O. The minimum absolute atomic E-state index is 0.123. The van der Waals surface area contributed by atoms with Gasteiger partial charge in [-0.15, -0.1) is 0 Å². The second kappa shape index (κ2) is 8.85. The zero-order valence-electron chi connectivity index (χ0n) is 15.0. The molecule has 0 aliphatic rings. The largest absolute Gasteiger partial charge is 0.480 e. The molecule has 1 aromatic rings. The molecule has 3 N–H and O–H groups in total. The maximum absolute atomic E-state index is 12.4. The van der Waals surface area contributed by atoms with Crippen molar-refractivity contribution in [1.29, 1.82) is 0 Å². The molecule has 0 bridgehead atoms. The Hall–Kier alpha value is -2.08. The highest BCUT2D eigenvalue weighted by Gasteiger charge is 2.22. The number of hydrogen-bond acceptors (Lipinski definition) is 3. The lowest BCUT2D eigenvalue weighted by Gasteiger charge is -2.18. The number of benzene rings is 1. The van der Waals surface area contributed by atoms with E-state index in [2.05, 4.69) is 10.6 Å². The maximum atomic E-state index is 12.4. The van der Waals surface area contributed by atoms with Crippen molar-refractivity contribution >= 4 is 35.1 Å². The average molecular weight is 369 g/mol. The van der Waals surface area contributed by atoms with Crippen LogP contribution in [0.25, 0.3) is 0 Å². The van der Waals surface area contributed by atoms with Gasteiger partial charge in [0.15, 0.2) is 0 Å². The number of amides is 2. The molecular formula is C18H25ClN2O4. The summed E-state index contributed by atoms with van der Waals surface area (Å²) in [6.45, 7) is 7.69. The van der Waals surface area contributed by atoms with Crippen LogP contribution in [0.5, 0.6) is 0 Å². The lowest BCUT2D eigenvalue weighted by molar-refractivity contribution is -0.139. The van der Waals surface area contributed by atoms with E-state index in [1.165, 1.54) is 12.1 Å². The normalized spacial score (nSPS) is 12.4. The Morgan fingerprint density at radius 3 is 2.40 bits per heavy atom. The van der Waals surface area contributed by atoms with Gasteiger partial charge in [-0.1, -0.05) is 45.7 Å². The highest BCUT2D eigenvalue weighted by Crippen LogP contribution is 2.23. The Balaban J connectivity index is 2.91. The molecule has 0 saturated heterocycles. The fraction of sp³-hybridized carbons (Fsp3) is 0.500. The minimum Gasteiger partial charge on any atom is -0.480 e. The fourth-order valence-electron chi connectivity index (χ4n) is 2.25. The Kier molecular flexibility index (Phi) is 7.42. The maximum Gasteiger partial charge on any atom is 0.326 e. The standard InChI is InChI=1S/C18H25ClN2O4/c1-5-6-14(17(24)25)21-16(23)12-9-11(7-8-13(12)19)20-15(22)10-18(2,3)4/h7-9,14H,5-6,10H2,1-4H3,(H,20,22)(H,21,23)(H,24,25). The number of nitrogens with one attached hydrogen (secondary N) is 2. The van der Waals surface area contributed by atoms with Crippen molar-refractivity contribution in [2.45, 2.75) is 53.0 Å². The van der Waals surface area contributed by atoms with Crippen molar-refractivity contribution in [3.05, 3.63) is 28.8 Å². The number of carboxylic acid groups (broad SMARTS) is 1. The number of rotatable bonds is 7. The highest BCUT2D eigenvalue weighted by atomic mass is 35.5. The van der Waals surface area contributed by atoms with Crippen molar-refractivity contribution in [2.75, 3.05) is 5.32 Å². The van der Waals surface area contributed by atoms with Gasteiger partial charge in [0.1, 0.15) is 6.04 Å². The van der Waals surface area contributed by atoms with Gasteiger partial charge in [-0.2, -0.15) is 0 Å². The third kappa shape index (κ3) is 7.13. The van der Waals surface area contributed by atoms with Crippen LogP contribution in [0.2, 0.25) is 5.02 Å². The zero-order chi connectivity index (χ0) is 19.2. The van der Waals surface area contributed by atoms with Crippen molar-refractivity contribution in [2.24, 2.45) is 5.41 Å². The third-order valence-corrected chi connectivity index (χ3v) is 3.70. The van der Waals surface area contributed by atoms with Crippen LogP contribution in [0.1, 0.15) is 57.3 Å². The summed E-state index contributed by atoms with van der Waals surface area (Å²) in [6, 6.07) is 3.56. The predicted octanol–water partition coefficient (Wildman–Crippen LogP) is 3.70. The molecule has 0 aromatic heterocycles. The van der Waals surface area contributed by atoms with Gasteiger partial charge in [0.05, 0.1) is 10.6 Å². The lowest BCUT2D eigenvalue weighted by Crippen LogP contribution is -2.40. The van der Waals surface area contributed by atoms with E-state index in [0.717, 1.165) is 0 Å². The van der Waals surface area contributed by atoms with E-state index in [-0.39, 0.29) is 21.9 Å². The molecule has 2 amide bonds. The van der Waals surface area contributed by atoms with Gasteiger partial charge in [0.2, 0.25) is 5.91 Å². The summed E-state index contributed by atoms with van der Waals surface area (Å²) < 4.78 is 0. The van der Waals surface area contributed by atoms with Crippen LogP contribution in [-0.4, -0.2) is 28.9 Å². The average Bonchev–Trinajstić information content (AvgIpc) is 2.46. The molecule has 25 heavy (non-hydrogen) atoms. The fourth-order valence-corrected chi connectivity index (χ4v) is 2.45. The Morgan fingerprint density at radius 2 is 1.88 bits per heavy atom. The smallest absolute Gasteiger partial charge is 0.326 e. The molecule has 7 heteroatoms. The highest BCUT2D eigenvalue weighted by molar-refractivity contribution is 6.34. The number of halogens is 1. The van der Waals surface area contributed by atoms with Gasteiger partial charge in [-0.05, 0) is 30.0 Å². The van der Waals surface area contributed by atoms with Crippen LogP contribution in [0.3, 0.4) is 0 Å². The van der Waals surface area contributed by atoms with Crippen LogP contribution < -0.4 is 10.6 Å². The van der Waals surface area contributed by atoms with E-state index in [1.54, 1.807) is 6.07 Å². The molecule has 0 spiro atoms. The first-order valence-electron chi connectivity index (χ1n) is 8.16. The van der Waals surface area contributed by atoms with Gasteiger partial charge in [0.25, 0.3) is 5.91 Å². The molecule has 1 atom stereocenters. The molecular weight excluding hydrogens is 344 g/mol. The number of hydrogen-bond donors (Lipinski definition) is 3. The van der Waals surface area contributed by atoms with Crippen LogP contribution in [0, 0.1) is 5.41 Å². The molecule has 1 rings (SSSR count). The molecule has 0 fully saturated rings. The minimum atomic E-state index is -1.10. The summed E-state index contributed by atoms with van der Waals surface area (Å²) in [6.07, 6.45) is 1.27. The van der Waals surface area contributed by atoms with Crippen molar-refractivity contribution in [3.8, 4) is 0 Å². The monoisotopic (exact) mass is 368 g/mol. The van der Waals surface area contributed by atoms with E-state index in [4.69, 9.17) is 16.7 Å². The molecule has 0 saturated carbocycles. The van der Waals surface area contributed by atoms with Crippen LogP contribution in [0.15, 0.2) is 18.2 Å². The van der Waals surface area contributed by atoms with Crippen LogP contribution in [0.4, 0.5) is 5.69 Å². The number of aliphatic carboxylic acids is 1. The number of carbonyl (C=O) groups excluding carboxylic acids is 2. The van der Waals surface area contributed by atoms with Crippen molar-refractivity contribution < 1.29 is 19.5 Å². The summed E-state index contributed by atoms with van der Waals surface area (Å²) in [5, 5.41) is 14.5. The van der Waals surface area contributed by atoms with E-state index in [1.807, 2.05) is 27.7 Å². The van der Waals surface area contributed by atoms with Crippen LogP contribution >= 0.6 is 11.6 Å². The molecule has 0 aliphatic carbocycles. The quantitative estimate of drug-likeness (QED) is 0.683. The number of carboxylic acids is 1. The topological polar surface area (TPSA) is 95.5 Å². The Labute approximate surface area is 152 Å². The predicted molar refractivity (Wildman–Crippen MR) is 98.0 cm³/mol. The second-order valence-electron chi connectivity index (χ2n) is 7.13. The first-order chi connectivity index (χ1) is 11.5. The van der Waals surface area contributed by atoms with Gasteiger partial charge in [-0.3, -0.25) is 9.59 Å². The van der Waals surface area contributed by atoms with Gasteiger partial charge >= 0.3 is 5.97 Å². The Morgan fingerprint density at radius 1 is 1.24 bits per heavy atom. The second-order valence-corrected chi connectivity index (χ2v) is 7.54. The lowest BCUT2D eigenvalue weighted by atomic mass is 9.92. The van der Waals surface area contributed by atoms with Gasteiger partial charge < -0.3 is 15.7 Å². The molecule has 0 radical (unpaired) electrons.